The van der Waals surface area contributed by atoms with Crippen LogP contribution in [0.5, 0.6) is 0 Å². The summed E-state index contributed by atoms with van der Waals surface area (Å²) >= 11 is 0. The molecule has 7 heteroatoms. The van der Waals surface area contributed by atoms with Gasteiger partial charge in [-0.2, -0.15) is 0 Å². The summed E-state index contributed by atoms with van der Waals surface area (Å²) in [6.07, 6.45) is 6.20. The summed E-state index contributed by atoms with van der Waals surface area (Å²) in [4.78, 5) is 27.5. The normalized spacial score (nSPS) is 23.7. The lowest BCUT2D eigenvalue weighted by atomic mass is 9.80. The van der Waals surface area contributed by atoms with Crippen molar-refractivity contribution in [1.82, 2.24) is 25.2 Å². The van der Waals surface area contributed by atoms with Crippen LogP contribution in [-0.4, -0.2) is 50.8 Å². The molecule has 0 spiro atoms. The van der Waals surface area contributed by atoms with Crippen LogP contribution in [0.1, 0.15) is 45.4 Å². The predicted octanol–water partition coefficient (Wildman–Crippen LogP) is 2.12. The minimum absolute atomic E-state index is 0.00903. The molecule has 2 fully saturated rings. The Morgan fingerprint density at radius 1 is 1.22 bits per heavy atom. The smallest absolute Gasteiger partial charge is 0.244 e. The van der Waals surface area contributed by atoms with Crippen LogP contribution in [0.4, 0.5) is 0 Å². The number of hydrogen-bond donors (Lipinski definition) is 1. The molecule has 2 amide bonds. The van der Waals surface area contributed by atoms with Crippen molar-refractivity contribution >= 4 is 22.8 Å². The van der Waals surface area contributed by atoms with Gasteiger partial charge in [0.05, 0.1) is 10.9 Å². The van der Waals surface area contributed by atoms with Crippen LogP contribution in [0.25, 0.3) is 11.0 Å². The highest BCUT2D eigenvalue weighted by Gasteiger charge is 2.40. The highest BCUT2D eigenvalue weighted by molar-refractivity contribution is 5.85. The summed E-state index contributed by atoms with van der Waals surface area (Å²) in [5.41, 5.74) is 1.12. The topological polar surface area (TPSA) is 80.1 Å². The van der Waals surface area contributed by atoms with Gasteiger partial charge in [0.25, 0.3) is 0 Å². The van der Waals surface area contributed by atoms with E-state index in [0.29, 0.717) is 19.1 Å². The van der Waals surface area contributed by atoms with Gasteiger partial charge in [-0.25, -0.2) is 4.68 Å². The number of aromatic nitrogens is 3. The van der Waals surface area contributed by atoms with Gasteiger partial charge in [-0.3, -0.25) is 9.59 Å². The summed E-state index contributed by atoms with van der Waals surface area (Å²) in [6.45, 7) is 3.30. The third kappa shape index (κ3) is 3.68. The molecule has 1 aromatic heterocycles. The first-order valence-corrected chi connectivity index (χ1v) is 9.92. The molecule has 1 atom stereocenters. The zero-order valence-corrected chi connectivity index (χ0v) is 15.9. The Balaban J connectivity index is 1.42. The van der Waals surface area contributed by atoms with Crippen molar-refractivity contribution in [2.24, 2.45) is 5.41 Å². The van der Waals surface area contributed by atoms with Crippen LogP contribution in [0.2, 0.25) is 0 Å². The molecule has 0 bridgehead atoms. The summed E-state index contributed by atoms with van der Waals surface area (Å²) < 4.78 is 1.64. The average molecular weight is 369 g/mol. The van der Waals surface area contributed by atoms with Gasteiger partial charge >= 0.3 is 0 Å². The number of rotatable bonds is 4. The molecule has 2 aromatic rings. The standard InChI is InChI=1S/C20H27N5O2/c1-20(19(27)21-15-7-2-3-8-15)11-6-12-24(14-20)18(26)13-25-17-10-5-4-9-16(17)22-23-25/h4-5,9-10,15H,2-3,6-8,11-14H2,1H3,(H,21,27)/t20-/m0/s1. The van der Waals surface area contributed by atoms with E-state index in [4.69, 9.17) is 0 Å². The Bertz CT molecular complexity index is 842. The van der Waals surface area contributed by atoms with E-state index in [0.717, 1.165) is 36.7 Å². The van der Waals surface area contributed by atoms with Crippen molar-refractivity contribution in [1.29, 1.82) is 0 Å². The van der Waals surface area contributed by atoms with Crippen molar-refractivity contribution in [2.75, 3.05) is 13.1 Å². The summed E-state index contributed by atoms with van der Waals surface area (Å²) in [6, 6.07) is 7.93. The summed E-state index contributed by atoms with van der Waals surface area (Å²) in [5, 5.41) is 11.4. The van der Waals surface area contributed by atoms with Crippen LogP contribution in [-0.2, 0) is 16.1 Å². The highest BCUT2D eigenvalue weighted by Crippen LogP contribution is 2.31. The van der Waals surface area contributed by atoms with Crippen LogP contribution in [0.15, 0.2) is 24.3 Å². The second-order valence-electron chi connectivity index (χ2n) is 8.17. The average Bonchev–Trinajstić information content (AvgIpc) is 3.32. The molecular formula is C20H27N5O2. The maximum absolute atomic E-state index is 12.9. The van der Waals surface area contributed by atoms with Crippen molar-refractivity contribution < 1.29 is 9.59 Å². The molecule has 2 heterocycles. The lowest BCUT2D eigenvalue weighted by molar-refractivity contribution is -0.141. The zero-order chi connectivity index (χ0) is 18.9. The molecule has 144 valence electrons. The first-order valence-electron chi connectivity index (χ1n) is 9.92. The number of nitrogens with zero attached hydrogens (tertiary/aromatic N) is 4. The molecule has 7 nitrogen and oxygen atoms in total. The number of piperidine rings is 1. The second kappa shape index (κ2) is 7.29. The van der Waals surface area contributed by atoms with E-state index in [9.17, 15) is 9.59 Å². The number of likely N-dealkylation sites (tertiary alicyclic amines) is 1. The van der Waals surface area contributed by atoms with Crippen molar-refractivity contribution in [3.8, 4) is 0 Å². The number of amides is 2. The van der Waals surface area contributed by atoms with Crippen LogP contribution in [0, 0.1) is 5.41 Å². The van der Waals surface area contributed by atoms with Gasteiger partial charge in [-0.05, 0) is 44.7 Å². The van der Waals surface area contributed by atoms with Gasteiger partial charge in [-0.1, -0.05) is 30.2 Å². The summed E-state index contributed by atoms with van der Waals surface area (Å²) in [5.74, 6) is 0.0864. The molecule has 1 aliphatic carbocycles. The fourth-order valence-electron chi connectivity index (χ4n) is 4.33. The molecule has 1 saturated carbocycles. The Kier molecular flexibility index (Phi) is 4.85. The maximum atomic E-state index is 12.9. The number of fused-ring (bicyclic) bond motifs is 1. The van der Waals surface area contributed by atoms with Crippen molar-refractivity contribution in [2.45, 2.75) is 58.0 Å². The summed E-state index contributed by atoms with van der Waals surface area (Å²) in [7, 11) is 0. The molecule has 1 aromatic carbocycles. The van der Waals surface area contributed by atoms with Gasteiger partial charge < -0.3 is 10.2 Å². The van der Waals surface area contributed by atoms with E-state index in [1.807, 2.05) is 36.1 Å². The molecule has 1 aliphatic heterocycles. The number of carbonyl (C=O) groups excluding carboxylic acids is 2. The monoisotopic (exact) mass is 369 g/mol. The SMILES string of the molecule is C[C@]1(C(=O)NC2CCCC2)CCCN(C(=O)Cn2nnc3ccccc32)C1. The number of nitrogens with one attached hydrogen (secondary N) is 1. The molecule has 2 aliphatic rings. The van der Waals surface area contributed by atoms with E-state index >= 15 is 0 Å². The van der Waals surface area contributed by atoms with E-state index in [1.165, 1.54) is 12.8 Å². The first-order chi connectivity index (χ1) is 13.0. The highest BCUT2D eigenvalue weighted by atomic mass is 16.2. The second-order valence-corrected chi connectivity index (χ2v) is 8.17. The van der Waals surface area contributed by atoms with Crippen LogP contribution >= 0.6 is 0 Å². The molecule has 0 unspecified atom stereocenters. The van der Waals surface area contributed by atoms with Crippen molar-refractivity contribution in [3.63, 3.8) is 0 Å². The molecule has 1 saturated heterocycles. The van der Waals surface area contributed by atoms with Gasteiger partial charge in [0, 0.05) is 19.1 Å². The zero-order valence-electron chi connectivity index (χ0n) is 15.9. The fraction of sp³-hybridized carbons (Fsp3) is 0.600. The van der Waals surface area contributed by atoms with Gasteiger partial charge in [-0.15, -0.1) is 5.10 Å². The van der Waals surface area contributed by atoms with Crippen LogP contribution < -0.4 is 5.32 Å². The Morgan fingerprint density at radius 3 is 2.81 bits per heavy atom. The van der Waals surface area contributed by atoms with Gasteiger partial charge in [0.1, 0.15) is 12.1 Å². The molecule has 0 radical (unpaired) electrons. The first kappa shape index (κ1) is 17.9. The van der Waals surface area contributed by atoms with E-state index < -0.39 is 5.41 Å². The minimum Gasteiger partial charge on any atom is -0.353 e. The van der Waals surface area contributed by atoms with Gasteiger partial charge in [0.2, 0.25) is 11.8 Å². The molecule has 4 rings (SSSR count). The quantitative estimate of drug-likeness (QED) is 0.895. The molecular weight excluding hydrogens is 342 g/mol. The predicted molar refractivity (Wildman–Crippen MR) is 102 cm³/mol. The Morgan fingerprint density at radius 2 is 2.00 bits per heavy atom. The number of carbonyl (C=O) groups is 2. The third-order valence-electron chi connectivity index (χ3n) is 5.99. The largest absolute Gasteiger partial charge is 0.353 e. The molecule has 1 N–H and O–H groups in total. The maximum Gasteiger partial charge on any atom is 0.244 e. The minimum atomic E-state index is -0.513. The lowest BCUT2D eigenvalue weighted by Crippen LogP contribution is -2.53. The number of para-hydroxylation sites is 1. The van der Waals surface area contributed by atoms with E-state index in [2.05, 4.69) is 15.6 Å². The Labute approximate surface area is 159 Å². The number of benzene rings is 1. The fourth-order valence-corrected chi connectivity index (χ4v) is 4.33. The third-order valence-corrected chi connectivity index (χ3v) is 5.99. The Hall–Kier alpha value is -2.44. The molecule has 27 heavy (non-hydrogen) atoms. The van der Waals surface area contributed by atoms with Gasteiger partial charge in [0.15, 0.2) is 0 Å². The van der Waals surface area contributed by atoms with E-state index in [-0.39, 0.29) is 18.4 Å². The van der Waals surface area contributed by atoms with Crippen LogP contribution in [0.3, 0.4) is 0 Å². The van der Waals surface area contributed by atoms with E-state index in [1.54, 1.807) is 4.68 Å². The number of hydrogen-bond acceptors (Lipinski definition) is 4. The van der Waals surface area contributed by atoms with Crippen molar-refractivity contribution in [3.05, 3.63) is 24.3 Å². The lowest BCUT2D eigenvalue weighted by Gasteiger charge is -2.39.